The van der Waals surface area contributed by atoms with Crippen LogP contribution in [-0.2, 0) is 143 Å². The van der Waals surface area contributed by atoms with Crippen molar-refractivity contribution in [3.05, 3.63) is 12.7 Å². The number of nitrogens with one attached hydrogen (secondary N) is 15. The number of ketones is 6. The molecule has 15 N–H and O–H groups in total. The molecule has 0 fully saturated rings. The normalized spacial score (nSPS) is 10.3. The van der Waals surface area contributed by atoms with Crippen molar-refractivity contribution in [1.82, 2.24) is 94.0 Å². The summed E-state index contributed by atoms with van der Waals surface area (Å²) in [5, 5.41) is 37.2. The van der Waals surface area contributed by atoms with Gasteiger partial charge in [0.15, 0.2) is 0 Å². The summed E-state index contributed by atoms with van der Waals surface area (Å²) >= 11 is 0. The SMILES string of the molecule is C.CCC(=O)CN(CC(=O)CC)CC(=O)NC.CNC(=O)CCCCCCC(=O)CN(CC(=O)NCCCCCC(=O)NC)CC(=O)NCCCCCC(=O)NC.CNC(=O)CCCNC(=O)CN(CC(=O)CCCCC([NH-])=O)CC(=O)NCCCC(=O)NC.[CH2-]C(=O)CCCCCCCC(=O)CN(CC(=O)NCCCCCCC(=O)NC)CC(=O)NCCCCCCC(=O)NC.[W].[W]. The average molecular weight is 2250 g/mol. The van der Waals surface area contributed by atoms with Crippen LogP contribution in [0.25, 0.3) is 5.73 Å². The molecular weight excluding hydrogens is 2070 g/mol. The molecule has 0 aliphatic heterocycles. The number of unbranched alkanes of at least 4 members (excludes halogenated alkanes) is 18. The molecule has 0 aromatic carbocycles. The second-order valence-electron chi connectivity index (χ2n) is 32.0. The van der Waals surface area contributed by atoms with Gasteiger partial charge in [0.05, 0.1) is 78.5 Å². The molecule has 42 heteroatoms. The van der Waals surface area contributed by atoms with Crippen molar-refractivity contribution in [2.75, 3.05) is 174 Å². The van der Waals surface area contributed by atoms with Crippen molar-refractivity contribution in [3.63, 3.8) is 0 Å². The van der Waals surface area contributed by atoms with E-state index < -0.39 is 5.91 Å². The molecule has 0 rings (SSSR count). The largest absolute Gasteiger partial charge is 0.668 e. The summed E-state index contributed by atoms with van der Waals surface area (Å²) in [6.45, 7) is 9.28. The number of rotatable bonds is 80. The van der Waals surface area contributed by atoms with Crippen LogP contribution in [0.1, 0.15) is 285 Å². The zero-order chi connectivity index (χ0) is 99.1. The molecular formula is C92H169N19O21W2-2. The molecule has 0 atom stereocenters. The maximum absolute atomic E-state index is 12.6. The fourth-order valence-corrected chi connectivity index (χ4v) is 12.4. The van der Waals surface area contributed by atoms with E-state index >= 15 is 0 Å². The van der Waals surface area contributed by atoms with Gasteiger partial charge in [-0.3, -0.25) is 111 Å². The van der Waals surface area contributed by atoms with Crippen molar-refractivity contribution in [1.29, 1.82) is 0 Å². The number of nitrogens with zero attached hydrogens (tertiary/aromatic N) is 4. The summed E-state index contributed by atoms with van der Waals surface area (Å²) in [6.07, 6.45) is 26.1. The van der Waals surface area contributed by atoms with Gasteiger partial charge < -0.3 is 96.7 Å². The zero-order valence-electron chi connectivity index (χ0n) is 81.6. The van der Waals surface area contributed by atoms with Crippen LogP contribution in [-0.4, -0.2) is 317 Å². The van der Waals surface area contributed by atoms with Gasteiger partial charge in [-0.1, -0.05) is 91.9 Å². The molecule has 0 aliphatic rings. The summed E-state index contributed by atoms with van der Waals surface area (Å²) < 4.78 is 0. The monoisotopic (exact) mass is 2240 g/mol. The van der Waals surface area contributed by atoms with E-state index in [1.165, 1.54) is 26.0 Å². The van der Waals surface area contributed by atoms with Gasteiger partial charge in [-0.15, -0.1) is 0 Å². The number of Topliss-reactive ketones (excluding diaryl/α,β-unsaturated/α-hetero) is 6. The van der Waals surface area contributed by atoms with E-state index in [-0.39, 0.29) is 271 Å². The van der Waals surface area contributed by atoms with Crippen LogP contribution in [0.4, 0.5) is 0 Å². The summed E-state index contributed by atoms with van der Waals surface area (Å²) in [7, 11) is 12.7. The fraction of sp³-hybridized carbons (Fsp3) is 0.761. The number of amides is 15. The third kappa shape index (κ3) is 97.7. The third-order valence-corrected chi connectivity index (χ3v) is 20.1. The first-order valence-electron chi connectivity index (χ1n) is 46.9. The third-order valence-electron chi connectivity index (χ3n) is 20.1. The number of hydrogen-bond acceptors (Lipinski definition) is 25. The van der Waals surface area contributed by atoms with E-state index in [9.17, 15) is 101 Å². The van der Waals surface area contributed by atoms with Crippen LogP contribution in [0.3, 0.4) is 0 Å². The van der Waals surface area contributed by atoms with Gasteiger partial charge in [0.1, 0.15) is 28.9 Å². The van der Waals surface area contributed by atoms with E-state index in [1.807, 2.05) is 0 Å². The van der Waals surface area contributed by atoms with E-state index in [0.29, 0.717) is 136 Å². The molecule has 0 saturated carbocycles. The summed E-state index contributed by atoms with van der Waals surface area (Å²) in [6, 6.07) is 0. The predicted molar refractivity (Wildman–Crippen MR) is 508 cm³/mol. The average Bonchev–Trinajstić information content (AvgIpc) is 0.918. The maximum Gasteiger partial charge on any atom is 0.234 e. The minimum absolute atomic E-state index is 0. The molecule has 0 bridgehead atoms. The number of likely N-dealkylation sites (N-methyl/N-ethyl adjacent to an activating group) is 1. The molecule has 134 heavy (non-hydrogen) atoms. The molecule has 0 heterocycles. The molecule has 0 aromatic rings. The van der Waals surface area contributed by atoms with Crippen LogP contribution in [0, 0.1) is 6.92 Å². The molecule has 0 spiro atoms. The zero-order valence-corrected chi connectivity index (χ0v) is 87.5. The van der Waals surface area contributed by atoms with Gasteiger partial charge in [-0.05, 0) is 121 Å². The molecule has 0 unspecified atom stereocenters. The van der Waals surface area contributed by atoms with Crippen LogP contribution in [0.15, 0.2) is 0 Å². The van der Waals surface area contributed by atoms with Crippen molar-refractivity contribution in [2.45, 2.75) is 285 Å². The van der Waals surface area contributed by atoms with Crippen LogP contribution >= 0.6 is 0 Å². The quantitative estimate of drug-likeness (QED) is 0.0307. The number of hydrogen-bond donors (Lipinski definition) is 14. The molecule has 0 saturated heterocycles. The number of carbonyl (C=O) groups is 21. The maximum atomic E-state index is 12.6. The Morgan fingerprint density at radius 3 is 0.590 bits per heavy atom. The van der Waals surface area contributed by atoms with Gasteiger partial charge in [-0.2, -0.15) is 0 Å². The number of carbonyl (C=O) groups excluding carboxylic acids is 21. The standard InChI is InChI=1S/C31H56N5O6.C28H52N6O6.C21H38N6O6.C11H20N2O3.CH4.2W/c1-26(37)17-11-5-4-6-12-18-27(38)23-36(24-30(41)34-21-15-9-7-13-19-28(39)32-2)25-31(42)35-22-16-10-8-14-20-29(40)33-3;1-29-24(36)15-9-5-4-8-14-23(35)20-34(21-27(39)32-18-12-6-10-16-25(37)30-2)22-28(40)33-19-13-7-11-17-26(38)31-3;1-23-18(30)9-5-11-25-20(32)14-27(13-16(28)7-3-4-8-17(22)29)15-21(33)26-12-6-10-19(31)24-2;1-4-9(14)6-13(7-10(15)5-2)8-11(16)12-3;;;/h1,4-25H2,2-3H3,(H,32,39)(H,33,40)(H,34,41)(H,35,42);4-22H2,1-3H3,(H,29,36)(H,30,37)(H,31,38)(H,32,39)(H,33,40);3-15H2,1-2H3,(H6,22,23,24,25,26,29,30,31,32,33);4-8H2,1-3H3,(H,12,16);1H4;;/q-1;;;;;;/p-1. The Labute approximate surface area is 826 Å². The molecule has 0 radical (unpaired) electrons. The first kappa shape index (κ1) is 138. The molecule has 0 aromatic heterocycles. The summed E-state index contributed by atoms with van der Waals surface area (Å²) in [4.78, 5) is 252. The topological polar surface area (TPSA) is 564 Å². The smallest absolute Gasteiger partial charge is 0.234 e. The van der Waals surface area contributed by atoms with Crippen molar-refractivity contribution >= 4 is 123 Å². The first-order chi connectivity index (χ1) is 62.6. The predicted octanol–water partition coefficient (Wildman–Crippen LogP) is 3.31. The molecule has 772 valence electrons. The van der Waals surface area contributed by atoms with Crippen LogP contribution in [0.5, 0.6) is 0 Å². The van der Waals surface area contributed by atoms with Crippen molar-refractivity contribution in [3.8, 4) is 0 Å². The fourth-order valence-electron chi connectivity index (χ4n) is 12.4. The van der Waals surface area contributed by atoms with Crippen LogP contribution < -0.4 is 74.4 Å². The summed E-state index contributed by atoms with van der Waals surface area (Å²) in [5.74, 6) is -2.94. The Hall–Kier alpha value is -8.84. The van der Waals surface area contributed by atoms with E-state index in [4.69, 9.17) is 5.73 Å². The van der Waals surface area contributed by atoms with Gasteiger partial charge in [0, 0.05) is 221 Å². The minimum Gasteiger partial charge on any atom is -0.668 e. The Balaban J connectivity index is -0.000000331. The van der Waals surface area contributed by atoms with Gasteiger partial charge in [-0.25, -0.2) is 0 Å². The Bertz CT molecular complexity index is 3120. The molecule has 0 aliphatic carbocycles. The Morgan fingerprint density at radius 1 is 0.201 bits per heavy atom. The van der Waals surface area contributed by atoms with Crippen molar-refractivity contribution < 1.29 is 143 Å². The second kappa shape index (κ2) is 97.2. The molecule has 40 nitrogen and oxygen atoms in total. The van der Waals surface area contributed by atoms with Crippen LogP contribution in [0.2, 0.25) is 0 Å². The van der Waals surface area contributed by atoms with Gasteiger partial charge in [0.2, 0.25) is 82.7 Å². The Kier molecular flexibility index (Phi) is 100. The Morgan fingerprint density at radius 2 is 0.366 bits per heavy atom. The first-order valence-corrected chi connectivity index (χ1v) is 46.9. The second-order valence-corrected chi connectivity index (χ2v) is 32.0. The van der Waals surface area contributed by atoms with E-state index in [0.717, 1.165) is 141 Å². The minimum atomic E-state index is -0.676. The van der Waals surface area contributed by atoms with Gasteiger partial charge >= 0.3 is 0 Å². The molecule has 15 amide bonds. The van der Waals surface area contributed by atoms with Crippen molar-refractivity contribution in [2.24, 2.45) is 0 Å². The van der Waals surface area contributed by atoms with E-state index in [2.05, 4.69) is 81.4 Å². The van der Waals surface area contributed by atoms with E-state index in [1.54, 1.807) is 63.8 Å². The summed E-state index contributed by atoms with van der Waals surface area (Å²) in [5.41, 5.74) is 6.87. The van der Waals surface area contributed by atoms with Gasteiger partial charge in [0.25, 0.3) is 0 Å².